The van der Waals surface area contributed by atoms with Crippen LogP contribution in [0.3, 0.4) is 0 Å². The Balaban J connectivity index is 1.63. The number of hydrogen-bond donors (Lipinski definition) is 6. The third kappa shape index (κ3) is 3.52. The second-order valence-corrected chi connectivity index (χ2v) is 10.7. The zero-order valence-corrected chi connectivity index (χ0v) is 20.5. The molecule has 10 nitrogen and oxygen atoms in total. The van der Waals surface area contributed by atoms with Gasteiger partial charge < -0.3 is 31.5 Å². The molecule has 1 amide bonds. The maximum Gasteiger partial charge on any atom is 0.255 e. The van der Waals surface area contributed by atoms with Gasteiger partial charge in [0.05, 0.1) is 11.6 Å². The van der Waals surface area contributed by atoms with E-state index in [1.807, 2.05) is 0 Å². The number of aromatic hydroxyl groups is 1. The fourth-order valence-electron chi connectivity index (χ4n) is 6.34. The Morgan fingerprint density at radius 2 is 1.92 bits per heavy atom. The van der Waals surface area contributed by atoms with Crippen molar-refractivity contribution in [3.63, 3.8) is 0 Å². The van der Waals surface area contributed by atoms with E-state index >= 15 is 4.39 Å². The van der Waals surface area contributed by atoms with Gasteiger partial charge in [-0.2, -0.15) is 0 Å². The van der Waals surface area contributed by atoms with Crippen LogP contribution in [0.25, 0.3) is 5.76 Å². The minimum atomic E-state index is -2.72. The fourth-order valence-corrected chi connectivity index (χ4v) is 6.34. The lowest BCUT2D eigenvalue weighted by molar-refractivity contribution is -0.153. The Hall–Kier alpha value is -3.28. The van der Waals surface area contributed by atoms with E-state index in [4.69, 9.17) is 5.73 Å². The Morgan fingerprint density at radius 3 is 2.49 bits per heavy atom. The third-order valence-corrected chi connectivity index (χ3v) is 8.42. The molecule has 0 radical (unpaired) electrons. The number of nitrogens with two attached hydrogens (primary N) is 1. The van der Waals surface area contributed by atoms with Crippen molar-refractivity contribution < 1.29 is 39.2 Å². The molecule has 0 spiro atoms. The Labute approximate surface area is 212 Å². The van der Waals surface area contributed by atoms with E-state index in [1.165, 1.54) is 25.1 Å². The lowest BCUT2D eigenvalue weighted by atomic mass is 9.57. The van der Waals surface area contributed by atoms with Crippen LogP contribution in [-0.2, 0) is 27.3 Å². The molecule has 0 heterocycles. The number of carbonyl (C=O) groups is 3. The van der Waals surface area contributed by atoms with Gasteiger partial charge in [0.15, 0.2) is 11.4 Å². The number of likely N-dealkylation sites (N-methyl/N-ethyl adjacent to an activating group) is 1. The maximum absolute atomic E-state index is 15.6. The molecule has 198 valence electrons. The molecule has 7 N–H and O–H groups in total. The molecule has 2 saturated carbocycles. The Bertz CT molecular complexity index is 1300. The first-order valence-electron chi connectivity index (χ1n) is 12.3. The van der Waals surface area contributed by atoms with Crippen LogP contribution in [0, 0.1) is 17.7 Å². The molecule has 0 saturated heterocycles. The summed E-state index contributed by atoms with van der Waals surface area (Å²) in [4.78, 5) is 40.3. The summed E-state index contributed by atoms with van der Waals surface area (Å²) < 4.78 is 15.6. The zero-order chi connectivity index (χ0) is 27.0. The molecule has 0 bridgehead atoms. The van der Waals surface area contributed by atoms with Gasteiger partial charge in [0.2, 0.25) is 5.78 Å². The Morgan fingerprint density at radius 1 is 1.24 bits per heavy atom. The molecule has 5 rings (SSSR count). The summed E-state index contributed by atoms with van der Waals surface area (Å²) in [6.07, 6.45) is 2.92. The average molecular weight is 516 g/mol. The first-order valence-corrected chi connectivity index (χ1v) is 12.3. The number of benzene rings is 1. The van der Waals surface area contributed by atoms with Crippen LogP contribution < -0.4 is 11.1 Å². The van der Waals surface area contributed by atoms with Crippen LogP contribution >= 0.6 is 0 Å². The second-order valence-electron chi connectivity index (χ2n) is 10.7. The van der Waals surface area contributed by atoms with Gasteiger partial charge in [0.25, 0.3) is 5.91 Å². The quantitative estimate of drug-likeness (QED) is 0.309. The summed E-state index contributed by atoms with van der Waals surface area (Å²) in [6.45, 7) is 0.187. The minimum Gasteiger partial charge on any atom is -0.508 e. The number of phenolic OH excluding ortho intramolecular Hbond substituents is 1. The van der Waals surface area contributed by atoms with Crippen molar-refractivity contribution in [2.24, 2.45) is 17.6 Å². The van der Waals surface area contributed by atoms with Crippen LogP contribution in [0.2, 0.25) is 0 Å². The minimum absolute atomic E-state index is 0.0380. The molecule has 0 unspecified atom stereocenters. The number of hydrogen-bond acceptors (Lipinski definition) is 9. The molecule has 1 aromatic rings. The first-order chi connectivity index (χ1) is 17.4. The molecule has 4 atom stereocenters. The van der Waals surface area contributed by atoms with E-state index in [2.05, 4.69) is 5.32 Å². The van der Waals surface area contributed by atoms with Crippen LogP contribution in [0.15, 0.2) is 23.0 Å². The summed E-state index contributed by atoms with van der Waals surface area (Å²) in [5.74, 6) is -8.16. The number of nitrogens with zero attached hydrogens (tertiary/aromatic N) is 1. The number of halogens is 1. The second kappa shape index (κ2) is 8.64. The van der Waals surface area contributed by atoms with Crippen LogP contribution in [0.4, 0.5) is 4.39 Å². The van der Waals surface area contributed by atoms with E-state index in [1.54, 1.807) is 0 Å². The molecule has 2 fully saturated rings. The predicted octanol–water partition coefficient (Wildman–Crippen LogP) is 0.745. The standard InChI is InChI=1S/C26H30FN3O7/c1-30(2)20-14-7-10-6-13-17(15(31)8-11(19(13)27)9-29-12-4-3-5-12)21(32)16(10)23(34)26(14,37)24(35)18(22(20)33)25(28)36/h8,10,12,14,20,29,31-32,35,37H,3-7,9H2,1-2H3,(H2,28,36)/t10-,14-,20-,26-/m0/s1. The highest BCUT2D eigenvalue weighted by molar-refractivity contribution is 6.24. The molecular weight excluding hydrogens is 485 g/mol. The third-order valence-electron chi connectivity index (χ3n) is 8.42. The van der Waals surface area contributed by atoms with E-state index in [0.29, 0.717) is 0 Å². The number of nitrogens with one attached hydrogen (secondary N) is 1. The van der Waals surface area contributed by atoms with Crippen LogP contribution in [-0.4, -0.2) is 74.6 Å². The molecule has 4 aliphatic carbocycles. The van der Waals surface area contributed by atoms with Crippen LogP contribution in [0.5, 0.6) is 5.75 Å². The summed E-state index contributed by atoms with van der Waals surface area (Å²) in [5.41, 5.74) is 1.42. The zero-order valence-electron chi connectivity index (χ0n) is 20.5. The van der Waals surface area contributed by atoms with Gasteiger partial charge in [-0.1, -0.05) is 6.42 Å². The molecule has 4 aliphatic rings. The number of rotatable bonds is 5. The van der Waals surface area contributed by atoms with Gasteiger partial charge in [-0.15, -0.1) is 0 Å². The van der Waals surface area contributed by atoms with E-state index in [-0.39, 0.29) is 47.7 Å². The van der Waals surface area contributed by atoms with E-state index < -0.39 is 69.6 Å². The van der Waals surface area contributed by atoms with Crippen molar-refractivity contribution in [2.45, 2.75) is 56.3 Å². The number of aliphatic hydroxyl groups is 3. The van der Waals surface area contributed by atoms with Gasteiger partial charge in [-0.05, 0) is 51.8 Å². The highest BCUT2D eigenvalue weighted by Gasteiger charge is 2.64. The average Bonchev–Trinajstić information content (AvgIpc) is 2.77. The topological polar surface area (TPSA) is 173 Å². The molecular formula is C26H30FN3O7. The highest BCUT2D eigenvalue weighted by Crippen LogP contribution is 2.53. The van der Waals surface area contributed by atoms with Gasteiger partial charge in [-0.3, -0.25) is 19.3 Å². The number of fused-ring (bicyclic) bond motifs is 3. The maximum atomic E-state index is 15.6. The highest BCUT2D eigenvalue weighted by atomic mass is 19.1. The normalized spacial score (nSPS) is 29.7. The first kappa shape index (κ1) is 25.4. The molecule has 0 aromatic heterocycles. The van der Waals surface area contributed by atoms with Crippen molar-refractivity contribution in [2.75, 3.05) is 14.1 Å². The lowest BCUT2D eigenvalue weighted by Gasteiger charge is -2.50. The number of phenols is 1. The summed E-state index contributed by atoms with van der Waals surface area (Å²) >= 11 is 0. The molecule has 11 heteroatoms. The van der Waals surface area contributed by atoms with Crippen molar-refractivity contribution in [1.29, 1.82) is 0 Å². The van der Waals surface area contributed by atoms with Crippen LogP contribution in [0.1, 0.15) is 42.4 Å². The predicted molar refractivity (Wildman–Crippen MR) is 129 cm³/mol. The number of ketones is 2. The van der Waals surface area contributed by atoms with Crippen molar-refractivity contribution in [3.8, 4) is 5.75 Å². The van der Waals surface area contributed by atoms with Crippen molar-refractivity contribution in [3.05, 3.63) is 45.5 Å². The van der Waals surface area contributed by atoms with Gasteiger partial charge in [-0.25, -0.2) is 4.39 Å². The number of carbonyl (C=O) groups excluding carboxylic acids is 3. The number of aliphatic hydroxyl groups excluding tert-OH is 2. The van der Waals surface area contributed by atoms with Crippen molar-refractivity contribution >= 4 is 23.2 Å². The number of Topliss-reactive ketones (excluding diaryl/α,β-unsaturated/α-hetero) is 2. The molecule has 37 heavy (non-hydrogen) atoms. The van der Waals surface area contributed by atoms with Gasteiger partial charge >= 0.3 is 0 Å². The number of amides is 1. The summed E-state index contributed by atoms with van der Waals surface area (Å²) in [6, 6.07) is 0.295. The van der Waals surface area contributed by atoms with Gasteiger partial charge in [0, 0.05) is 35.2 Å². The van der Waals surface area contributed by atoms with E-state index in [0.717, 1.165) is 19.3 Å². The molecule has 1 aromatic carbocycles. The number of primary amides is 1. The Kier molecular flexibility index (Phi) is 5.93. The van der Waals surface area contributed by atoms with E-state index in [9.17, 15) is 34.8 Å². The smallest absolute Gasteiger partial charge is 0.255 e. The molecule has 0 aliphatic heterocycles. The summed E-state index contributed by atoms with van der Waals surface area (Å²) in [7, 11) is 3.04. The fraction of sp³-hybridized carbons (Fsp3) is 0.500. The summed E-state index contributed by atoms with van der Waals surface area (Å²) in [5, 5.41) is 47.5. The lowest BCUT2D eigenvalue weighted by Crippen LogP contribution is -2.65. The monoisotopic (exact) mass is 515 g/mol. The SMILES string of the molecule is CN(C)[C@@H]1C(=O)C(C(N)=O)=C(O)[C@@]2(O)C(=O)C3=C(O)c4c(O)cc(CNC5CCC5)c(F)c4C[C@H]3C[C@@H]12. The largest absolute Gasteiger partial charge is 0.508 e. The van der Waals surface area contributed by atoms with Gasteiger partial charge in [0.1, 0.15) is 28.7 Å². The van der Waals surface area contributed by atoms with Crippen molar-refractivity contribution in [1.82, 2.24) is 10.2 Å².